The molecule has 0 atom stereocenters. The highest BCUT2D eigenvalue weighted by molar-refractivity contribution is 5.94. The van der Waals surface area contributed by atoms with E-state index < -0.39 is 0 Å². The zero-order chi connectivity index (χ0) is 15.7. The summed E-state index contributed by atoms with van der Waals surface area (Å²) in [5.74, 6) is 0.0316. The second-order valence-corrected chi connectivity index (χ2v) is 4.97. The molecular formula is C16H25N3O2. The minimum atomic E-state index is -0.131. The van der Waals surface area contributed by atoms with E-state index >= 15 is 0 Å². The smallest absolute Gasteiger partial charge is 0.251 e. The van der Waals surface area contributed by atoms with Crippen LogP contribution in [-0.4, -0.2) is 24.9 Å². The largest absolute Gasteiger partial charge is 0.352 e. The number of nitrogens with two attached hydrogens (primary N) is 1. The fraction of sp³-hybridized carbons (Fsp3) is 0.500. The lowest BCUT2D eigenvalue weighted by Crippen LogP contribution is -2.30. The van der Waals surface area contributed by atoms with Crippen LogP contribution in [-0.2, 0) is 11.3 Å². The average molecular weight is 291 g/mol. The van der Waals surface area contributed by atoms with Gasteiger partial charge in [0.05, 0.1) is 0 Å². The molecule has 0 saturated heterocycles. The SMILES string of the molecule is CCC(CC)C(=O)NCc1ccc(C(=O)NCCN)cc1. The molecule has 21 heavy (non-hydrogen) atoms. The van der Waals surface area contributed by atoms with Gasteiger partial charge in [-0.25, -0.2) is 0 Å². The van der Waals surface area contributed by atoms with Crippen LogP contribution in [0.25, 0.3) is 0 Å². The third-order valence-electron chi connectivity index (χ3n) is 3.47. The highest BCUT2D eigenvalue weighted by atomic mass is 16.2. The van der Waals surface area contributed by atoms with Gasteiger partial charge in [0.15, 0.2) is 0 Å². The molecule has 4 N–H and O–H groups in total. The predicted molar refractivity (Wildman–Crippen MR) is 83.7 cm³/mol. The number of amides is 2. The average Bonchev–Trinajstić information content (AvgIpc) is 2.52. The van der Waals surface area contributed by atoms with Crippen molar-refractivity contribution >= 4 is 11.8 Å². The van der Waals surface area contributed by atoms with E-state index in [2.05, 4.69) is 10.6 Å². The highest BCUT2D eigenvalue weighted by Gasteiger charge is 2.13. The summed E-state index contributed by atoms with van der Waals surface area (Å²) in [6, 6.07) is 7.21. The second-order valence-electron chi connectivity index (χ2n) is 4.97. The van der Waals surface area contributed by atoms with Crippen LogP contribution in [0.1, 0.15) is 42.6 Å². The van der Waals surface area contributed by atoms with Crippen LogP contribution < -0.4 is 16.4 Å². The molecule has 2 amide bonds. The summed E-state index contributed by atoms with van der Waals surface area (Å²) in [6.45, 7) is 5.41. The van der Waals surface area contributed by atoms with Gasteiger partial charge < -0.3 is 16.4 Å². The van der Waals surface area contributed by atoms with E-state index in [9.17, 15) is 9.59 Å². The van der Waals surface area contributed by atoms with Crippen molar-refractivity contribution in [2.24, 2.45) is 11.7 Å². The Kier molecular flexibility index (Phi) is 7.46. The molecule has 0 aliphatic heterocycles. The van der Waals surface area contributed by atoms with Crippen molar-refractivity contribution in [3.63, 3.8) is 0 Å². The molecule has 0 radical (unpaired) electrons. The van der Waals surface area contributed by atoms with Crippen molar-refractivity contribution in [2.75, 3.05) is 13.1 Å². The second kappa shape index (κ2) is 9.13. The topological polar surface area (TPSA) is 84.2 Å². The van der Waals surface area contributed by atoms with E-state index in [0.717, 1.165) is 18.4 Å². The molecule has 0 fully saturated rings. The number of hydrogen-bond acceptors (Lipinski definition) is 3. The number of carbonyl (C=O) groups excluding carboxylic acids is 2. The quantitative estimate of drug-likeness (QED) is 0.677. The van der Waals surface area contributed by atoms with Crippen LogP contribution in [0.3, 0.4) is 0 Å². The van der Waals surface area contributed by atoms with Crippen molar-refractivity contribution in [1.82, 2.24) is 10.6 Å². The first-order chi connectivity index (χ1) is 10.1. The molecule has 0 unspecified atom stereocenters. The van der Waals surface area contributed by atoms with E-state index in [1.165, 1.54) is 0 Å². The highest BCUT2D eigenvalue weighted by Crippen LogP contribution is 2.09. The predicted octanol–water partition coefficient (Wildman–Crippen LogP) is 1.43. The Labute approximate surface area is 126 Å². The molecule has 1 rings (SSSR count). The number of hydrogen-bond donors (Lipinski definition) is 3. The minimum absolute atomic E-state index is 0.0753. The number of rotatable bonds is 8. The summed E-state index contributed by atoms with van der Waals surface area (Å²) in [4.78, 5) is 23.6. The normalized spacial score (nSPS) is 10.5. The molecule has 0 aliphatic rings. The van der Waals surface area contributed by atoms with Gasteiger partial charge in [0.2, 0.25) is 5.91 Å². The lowest BCUT2D eigenvalue weighted by atomic mass is 10.0. The molecule has 0 aliphatic carbocycles. The molecule has 0 heterocycles. The Hall–Kier alpha value is -1.88. The van der Waals surface area contributed by atoms with Gasteiger partial charge in [-0.2, -0.15) is 0 Å². The summed E-state index contributed by atoms with van der Waals surface area (Å²) in [5.41, 5.74) is 6.91. The molecular weight excluding hydrogens is 266 g/mol. The summed E-state index contributed by atoms with van der Waals surface area (Å²) < 4.78 is 0. The van der Waals surface area contributed by atoms with Crippen LogP contribution in [0.2, 0.25) is 0 Å². The zero-order valence-electron chi connectivity index (χ0n) is 12.8. The molecule has 1 aromatic carbocycles. The van der Waals surface area contributed by atoms with Gasteiger partial charge in [0, 0.05) is 31.1 Å². The van der Waals surface area contributed by atoms with Crippen molar-refractivity contribution in [2.45, 2.75) is 33.2 Å². The Bertz CT molecular complexity index is 453. The lowest BCUT2D eigenvalue weighted by Gasteiger charge is -2.13. The Morgan fingerprint density at radius 1 is 1.10 bits per heavy atom. The third-order valence-corrected chi connectivity index (χ3v) is 3.47. The van der Waals surface area contributed by atoms with Gasteiger partial charge in [-0.05, 0) is 30.5 Å². The third kappa shape index (κ3) is 5.55. The fourth-order valence-corrected chi connectivity index (χ4v) is 2.05. The van der Waals surface area contributed by atoms with Crippen molar-refractivity contribution in [1.29, 1.82) is 0 Å². The van der Waals surface area contributed by atoms with Crippen LogP contribution >= 0.6 is 0 Å². The maximum Gasteiger partial charge on any atom is 0.251 e. The first-order valence-corrected chi connectivity index (χ1v) is 7.47. The molecule has 5 nitrogen and oxygen atoms in total. The van der Waals surface area contributed by atoms with E-state index in [4.69, 9.17) is 5.73 Å². The van der Waals surface area contributed by atoms with E-state index in [1.54, 1.807) is 12.1 Å². The van der Waals surface area contributed by atoms with Gasteiger partial charge >= 0.3 is 0 Å². The van der Waals surface area contributed by atoms with Crippen LogP contribution in [0, 0.1) is 5.92 Å². The van der Waals surface area contributed by atoms with Crippen molar-refractivity contribution < 1.29 is 9.59 Å². The van der Waals surface area contributed by atoms with Crippen molar-refractivity contribution in [3.8, 4) is 0 Å². The van der Waals surface area contributed by atoms with Gasteiger partial charge in [-0.15, -0.1) is 0 Å². The monoisotopic (exact) mass is 291 g/mol. The Morgan fingerprint density at radius 3 is 2.24 bits per heavy atom. The molecule has 5 heteroatoms. The molecule has 0 bridgehead atoms. The van der Waals surface area contributed by atoms with Gasteiger partial charge in [-0.3, -0.25) is 9.59 Å². The molecule has 1 aromatic rings. The molecule has 116 valence electrons. The minimum Gasteiger partial charge on any atom is -0.352 e. The van der Waals surface area contributed by atoms with E-state index in [-0.39, 0.29) is 17.7 Å². The summed E-state index contributed by atoms with van der Waals surface area (Å²) in [5, 5.41) is 5.64. The van der Waals surface area contributed by atoms with Crippen LogP contribution in [0.15, 0.2) is 24.3 Å². The van der Waals surface area contributed by atoms with E-state index in [0.29, 0.717) is 25.2 Å². The zero-order valence-corrected chi connectivity index (χ0v) is 12.8. The van der Waals surface area contributed by atoms with Crippen molar-refractivity contribution in [3.05, 3.63) is 35.4 Å². The number of benzene rings is 1. The van der Waals surface area contributed by atoms with Crippen LogP contribution in [0.5, 0.6) is 0 Å². The Morgan fingerprint density at radius 2 is 1.71 bits per heavy atom. The van der Waals surface area contributed by atoms with Gasteiger partial charge in [0.1, 0.15) is 0 Å². The van der Waals surface area contributed by atoms with Gasteiger partial charge in [0.25, 0.3) is 5.91 Å². The molecule has 0 aromatic heterocycles. The molecule has 0 spiro atoms. The van der Waals surface area contributed by atoms with Gasteiger partial charge in [-0.1, -0.05) is 26.0 Å². The summed E-state index contributed by atoms with van der Waals surface area (Å²) >= 11 is 0. The number of carbonyl (C=O) groups is 2. The number of nitrogens with one attached hydrogen (secondary N) is 2. The molecule has 0 saturated carbocycles. The first kappa shape index (κ1) is 17.2. The standard InChI is InChI=1S/C16H25N3O2/c1-3-13(4-2)15(20)19-11-12-5-7-14(8-6-12)16(21)18-10-9-17/h5-8,13H,3-4,9-11,17H2,1-2H3,(H,18,21)(H,19,20). The fourth-order valence-electron chi connectivity index (χ4n) is 2.05. The van der Waals surface area contributed by atoms with E-state index in [1.807, 2.05) is 26.0 Å². The maximum atomic E-state index is 11.9. The Balaban J connectivity index is 2.51. The lowest BCUT2D eigenvalue weighted by molar-refractivity contribution is -0.125. The first-order valence-electron chi connectivity index (χ1n) is 7.47. The maximum absolute atomic E-state index is 11.9. The van der Waals surface area contributed by atoms with Crippen LogP contribution in [0.4, 0.5) is 0 Å². The summed E-state index contributed by atoms with van der Waals surface area (Å²) in [6.07, 6.45) is 1.70. The summed E-state index contributed by atoms with van der Waals surface area (Å²) in [7, 11) is 0.